The second kappa shape index (κ2) is 7.19. The molecule has 0 spiro atoms. The quantitative estimate of drug-likeness (QED) is 0.843. The van der Waals surface area contributed by atoms with Crippen LogP contribution in [0.2, 0.25) is 0 Å². The minimum atomic E-state index is -4.68. The lowest BCUT2D eigenvalue weighted by molar-refractivity contribution is -0.121. The number of amides is 1. The lowest BCUT2D eigenvalue weighted by Crippen LogP contribution is -2.33. The van der Waals surface area contributed by atoms with Crippen LogP contribution in [0, 0.1) is 6.92 Å². The number of nitrogens with zero attached hydrogens (tertiary/aromatic N) is 1. The summed E-state index contributed by atoms with van der Waals surface area (Å²) in [7, 11) is -4.39. The number of carbonyl (C=O) groups excluding carboxylic acids is 1. The van der Waals surface area contributed by atoms with Gasteiger partial charge in [-0.1, -0.05) is 6.07 Å². The lowest BCUT2D eigenvalue weighted by atomic mass is 10.2. The number of hydrogen-bond donors (Lipinski definition) is 2. The van der Waals surface area contributed by atoms with Crippen LogP contribution in [0.15, 0.2) is 47.5 Å². The third-order valence-electron chi connectivity index (χ3n) is 3.03. The number of anilines is 1. The van der Waals surface area contributed by atoms with E-state index in [-0.39, 0.29) is 11.4 Å². The second-order valence-electron chi connectivity index (χ2n) is 5.14. The first kappa shape index (κ1) is 18.9. The highest BCUT2D eigenvalue weighted by Gasteiger charge is 2.30. The van der Waals surface area contributed by atoms with E-state index in [1.165, 1.54) is 23.1 Å². The van der Waals surface area contributed by atoms with Gasteiger partial charge < -0.3 is 5.32 Å². The first-order valence-corrected chi connectivity index (χ1v) is 8.46. The van der Waals surface area contributed by atoms with Crippen molar-refractivity contribution in [3.8, 4) is 0 Å². The Balaban J connectivity index is 2.19. The summed E-state index contributed by atoms with van der Waals surface area (Å²) in [5.74, 6) is -0.362. The van der Waals surface area contributed by atoms with Crippen molar-refractivity contribution in [2.24, 2.45) is 0 Å². The summed E-state index contributed by atoms with van der Waals surface area (Å²) >= 11 is 0. The molecule has 0 bridgehead atoms. The average molecular weight is 373 g/mol. The predicted molar refractivity (Wildman–Crippen MR) is 84.6 cm³/mol. The third kappa shape index (κ3) is 5.54. The molecule has 6 nitrogen and oxygen atoms in total. The zero-order chi connectivity index (χ0) is 18.7. The molecule has 10 heteroatoms. The zero-order valence-electron chi connectivity index (χ0n) is 13.0. The maximum atomic E-state index is 12.2. The highest BCUT2D eigenvalue weighted by Crippen LogP contribution is 2.17. The summed E-state index contributed by atoms with van der Waals surface area (Å²) in [5.41, 5.74) is 0.830. The van der Waals surface area contributed by atoms with Crippen LogP contribution in [-0.2, 0) is 10.0 Å². The number of hydrogen-bond acceptors (Lipinski definition) is 4. The Morgan fingerprint density at radius 2 is 1.92 bits per heavy atom. The number of benzene rings is 1. The fourth-order valence-corrected chi connectivity index (χ4v) is 2.92. The highest BCUT2D eigenvalue weighted by atomic mass is 32.2. The Labute approximate surface area is 142 Å². The summed E-state index contributed by atoms with van der Waals surface area (Å²) in [4.78, 5) is 15.7. The Morgan fingerprint density at radius 3 is 2.56 bits per heavy atom. The first-order chi connectivity index (χ1) is 11.6. The summed E-state index contributed by atoms with van der Waals surface area (Å²) in [6, 6.07) is 8.04. The van der Waals surface area contributed by atoms with Crippen molar-refractivity contribution in [2.45, 2.75) is 18.0 Å². The number of sulfonamides is 1. The molecule has 1 amide bonds. The normalized spacial score (nSPS) is 12.0. The number of nitrogens with one attached hydrogen (secondary N) is 2. The summed E-state index contributed by atoms with van der Waals surface area (Å²) < 4.78 is 61.8. The van der Waals surface area contributed by atoms with Crippen LogP contribution in [0.25, 0.3) is 0 Å². The van der Waals surface area contributed by atoms with Crippen LogP contribution in [0.1, 0.15) is 15.9 Å². The van der Waals surface area contributed by atoms with Gasteiger partial charge in [0.2, 0.25) is 10.0 Å². The largest absolute Gasteiger partial charge is 0.402 e. The van der Waals surface area contributed by atoms with Crippen LogP contribution < -0.4 is 10.0 Å². The molecule has 2 aromatic rings. The molecule has 0 atom stereocenters. The Hall–Kier alpha value is -2.46. The molecule has 0 saturated carbocycles. The van der Waals surface area contributed by atoms with Gasteiger partial charge in [-0.2, -0.15) is 13.2 Å². The van der Waals surface area contributed by atoms with Crippen molar-refractivity contribution in [2.75, 3.05) is 11.9 Å². The van der Waals surface area contributed by atoms with E-state index in [1.807, 2.05) is 0 Å². The molecule has 1 heterocycles. The van der Waals surface area contributed by atoms with Crippen molar-refractivity contribution in [3.05, 3.63) is 53.7 Å². The number of halogens is 3. The summed E-state index contributed by atoms with van der Waals surface area (Å²) in [6.07, 6.45) is -3.19. The van der Waals surface area contributed by atoms with Gasteiger partial charge in [0.1, 0.15) is 12.4 Å². The molecule has 1 aromatic carbocycles. The molecular formula is C15H14F3N3O3S. The molecule has 2 rings (SSSR count). The molecule has 2 N–H and O–H groups in total. The molecule has 0 fully saturated rings. The van der Waals surface area contributed by atoms with Crippen LogP contribution in [0.4, 0.5) is 19.0 Å². The third-order valence-corrected chi connectivity index (χ3v) is 4.43. The standard InChI is InChI=1S/C15H14F3N3O3S/c1-10-5-6-19-13(7-10)21-14(22)11-3-2-4-12(8-11)25(23,24)20-9-15(16,17)18/h2-8,20H,9H2,1H3,(H,19,21,22). The predicted octanol–water partition coefficient (Wildman–Crippen LogP) is 2.48. The molecule has 0 unspecified atom stereocenters. The molecular weight excluding hydrogens is 359 g/mol. The maximum Gasteiger partial charge on any atom is 0.402 e. The number of aryl methyl sites for hydroxylation is 1. The van der Waals surface area contributed by atoms with Crippen LogP contribution >= 0.6 is 0 Å². The molecule has 134 valence electrons. The number of pyridine rings is 1. The Kier molecular flexibility index (Phi) is 5.43. The van der Waals surface area contributed by atoms with Gasteiger partial charge >= 0.3 is 6.18 Å². The summed E-state index contributed by atoms with van der Waals surface area (Å²) in [5, 5.41) is 2.49. The number of alkyl halides is 3. The molecule has 0 aliphatic rings. The fraction of sp³-hybridized carbons (Fsp3) is 0.200. The molecule has 25 heavy (non-hydrogen) atoms. The van der Waals surface area contributed by atoms with Gasteiger partial charge in [-0.15, -0.1) is 0 Å². The van der Waals surface area contributed by atoms with E-state index in [4.69, 9.17) is 0 Å². The van der Waals surface area contributed by atoms with Crippen molar-refractivity contribution in [3.63, 3.8) is 0 Å². The van der Waals surface area contributed by atoms with E-state index in [9.17, 15) is 26.4 Å². The lowest BCUT2D eigenvalue weighted by Gasteiger charge is -2.10. The molecule has 1 aromatic heterocycles. The minimum absolute atomic E-state index is 0.0295. The van der Waals surface area contributed by atoms with E-state index in [2.05, 4.69) is 10.3 Å². The fourth-order valence-electron chi connectivity index (χ4n) is 1.86. The second-order valence-corrected chi connectivity index (χ2v) is 6.91. The SMILES string of the molecule is Cc1ccnc(NC(=O)c2cccc(S(=O)(=O)NCC(F)(F)F)c2)c1. The van der Waals surface area contributed by atoms with E-state index in [1.54, 1.807) is 19.1 Å². The van der Waals surface area contributed by atoms with Crippen LogP contribution in [0.5, 0.6) is 0 Å². The van der Waals surface area contributed by atoms with Gasteiger partial charge in [0.05, 0.1) is 4.90 Å². The average Bonchev–Trinajstić information content (AvgIpc) is 2.53. The molecule has 0 radical (unpaired) electrons. The number of carbonyl (C=O) groups is 1. The first-order valence-electron chi connectivity index (χ1n) is 6.97. The summed E-state index contributed by atoms with van der Waals surface area (Å²) in [6.45, 7) is 0.107. The number of aromatic nitrogens is 1. The van der Waals surface area contributed by atoms with Gasteiger partial charge in [-0.3, -0.25) is 4.79 Å². The minimum Gasteiger partial charge on any atom is -0.307 e. The van der Waals surface area contributed by atoms with Gasteiger partial charge in [-0.25, -0.2) is 18.1 Å². The van der Waals surface area contributed by atoms with Gasteiger partial charge in [0.15, 0.2) is 0 Å². The van der Waals surface area contributed by atoms with Crippen molar-refractivity contribution < 1.29 is 26.4 Å². The van der Waals surface area contributed by atoms with E-state index < -0.39 is 33.5 Å². The van der Waals surface area contributed by atoms with Gasteiger partial charge in [0.25, 0.3) is 5.91 Å². The monoisotopic (exact) mass is 373 g/mol. The molecule has 0 aliphatic carbocycles. The van der Waals surface area contributed by atoms with Crippen molar-refractivity contribution in [1.29, 1.82) is 0 Å². The Morgan fingerprint density at radius 1 is 1.20 bits per heavy atom. The number of rotatable bonds is 5. The van der Waals surface area contributed by atoms with E-state index in [0.29, 0.717) is 0 Å². The molecule has 0 saturated heterocycles. The zero-order valence-corrected chi connectivity index (χ0v) is 13.8. The van der Waals surface area contributed by atoms with Gasteiger partial charge in [-0.05, 0) is 42.8 Å². The van der Waals surface area contributed by atoms with Crippen molar-refractivity contribution in [1.82, 2.24) is 9.71 Å². The molecule has 0 aliphatic heterocycles. The topological polar surface area (TPSA) is 88.2 Å². The van der Waals surface area contributed by atoms with Crippen LogP contribution in [-0.4, -0.2) is 32.0 Å². The Bertz CT molecular complexity index is 883. The van der Waals surface area contributed by atoms with E-state index >= 15 is 0 Å². The van der Waals surface area contributed by atoms with E-state index in [0.717, 1.165) is 17.7 Å². The van der Waals surface area contributed by atoms with Gasteiger partial charge in [0, 0.05) is 11.8 Å². The maximum absolute atomic E-state index is 12.2. The smallest absolute Gasteiger partial charge is 0.307 e. The van der Waals surface area contributed by atoms with Crippen molar-refractivity contribution >= 4 is 21.7 Å². The highest BCUT2D eigenvalue weighted by molar-refractivity contribution is 7.89. The van der Waals surface area contributed by atoms with Crippen LogP contribution in [0.3, 0.4) is 0 Å².